The van der Waals surface area contributed by atoms with Crippen molar-refractivity contribution in [2.24, 2.45) is 0 Å². The number of carbonyl (C=O) groups excluding carboxylic acids is 1. The number of aryl methyl sites for hydroxylation is 1. The maximum Gasteiger partial charge on any atom is 0.343 e. The summed E-state index contributed by atoms with van der Waals surface area (Å²) in [6.07, 6.45) is 0.983. The van der Waals surface area contributed by atoms with Crippen LogP contribution < -0.4 is 4.74 Å². The van der Waals surface area contributed by atoms with Crippen molar-refractivity contribution in [3.63, 3.8) is 0 Å². The van der Waals surface area contributed by atoms with Gasteiger partial charge in [-0.25, -0.2) is 4.79 Å². The zero-order valence-electron chi connectivity index (χ0n) is 9.46. The molecule has 0 atom stereocenters. The molecular weight excluding hydrogens is 272 g/mol. The molecule has 0 amide bonds. The first-order valence-electron chi connectivity index (χ1n) is 5.08. The van der Waals surface area contributed by atoms with Crippen LogP contribution >= 0.6 is 15.9 Å². The predicted molar refractivity (Wildman–Crippen MR) is 66.0 cm³/mol. The van der Waals surface area contributed by atoms with Crippen molar-refractivity contribution in [3.05, 3.63) is 29.3 Å². The van der Waals surface area contributed by atoms with Gasteiger partial charge in [0.25, 0.3) is 0 Å². The molecule has 0 spiro atoms. The molecule has 0 unspecified atom stereocenters. The lowest BCUT2D eigenvalue weighted by atomic mass is 10.1. The first kappa shape index (κ1) is 13.0. The Kier molecular flexibility index (Phi) is 5.32. The fourth-order valence-corrected chi connectivity index (χ4v) is 1.73. The third-order valence-electron chi connectivity index (χ3n) is 2.25. The molecule has 0 saturated carbocycles. The van der Waals surface area contributed by atoms with Crippen molar-refractivity contribution in [3.8, 4) is 5.75 Å². The Balaban J connectivity index is 2.75. The number of rotatable bonds is 5. The second-order valence-corrected chi connectivity index (χ2v) is 3.85. The van der Waals surface area contributed by atoms with Crippen LogP contribution in [0.4, 0.5) is 0 Å². The smallest absolute Gasteiger partial charge is 0.343 e. The van der Waals surface area contributed by atoms with Crippen molar-refractivity contribution in [1.82, 2.24) is 0 Å². The van der Waals surface area contributed by atoms with Crippen LogP contribution in [0.5, 0.6) is 5.75 Å². The Morgan fingerprint density at radius 2 is 2.19 bits per heavy atom. The SMILES string of the molecule is CCc1ccc(OCC(=O)OC)c(CBr)c1. The van der Waals surface area contributed by atoms with Crippen molar-refractivity contribution in [2.45, 2.75) is 18.7 Å². The minimum absolute atomic E-state index is 0.0536. The second-order valence-electron chi connectivity index (χ2n) is 3.29. The first-order chi connectivity index (χ1) is 7.71. The molecule has 88 valence electrons. The number of carbonyl (C=O) groups is 1. The zero-order valence-corrected chi connectivity index (χ0v) is 11.0. The first-order valence-corrected chi connectivity index (χ1v) is 6.20. The molecule has 16 heavy (non-hydrogen) atoms. The van der Waals surface area contributed by atoms with Crippen LogP contribution in [-0.2, 0) is 21.3 Å². The quantitative estimate of drug-likeness (QED) is 0.617. The standard InChI is InChI=1S/C12H15BrO3/c1-3-9-4-5-11(10(6-9)7-13)16-8-12(14)15-2/h4-6H,3,7-8H2,1-2H3. The van der Waals surface area contributed by atoms with Crippen molar-refractivity contribution in [2.75, 3.05) is 13.7 Å². The molecule has 0 aromatic heterocycles. The van der Waals surface area contributed by atoms with Gasteiger partial charge in [-0.05, 0) is 18.1 Å². The van der Waals surface area contributed by atoms with E-state index < -0.39 is 0 Å². The number of ether oxygens (including phenoxy) is 2. The van der Waals surface area contributed by atoms with E-state index in [-0.39, 0.29) is 12.6 Å². The van der Waals surface area contributed by atoms with E-state index in [1.165, 1.54) is 12.7 Å². The Morgan fingerprint density at radius 3 is 2.75 bits per heavy atom. The molecule has 0 aliphatic carbocycles. The van der Waals surface area contributed by atoms with Gasteiger partial charge in [0.2, 0.25) is 0 Å². The molecule has 0 heterocycles. The molecule has 0 N–H and O–H groups in total. The van der Waals surface area contributed by atoms with Gasteiger partial charge < -0.3 is 9.47 Å². The van der Waals surface area contributed by atoms with Crippen LogP contribution in [0, 0.1) is 0 Å². The van der Waals surface area contributed by atoms with Crippen LogP contribution in [0.15, 0.2) is 18.2 Å². The van der Waals surface area contributed by atoms with Crippen molar-refractivity contribution in [1.29, 1.82) is 0 Å². The maximum absolute atomic E-state index is 10.9. The summed E-state index contributed by atoms with van der Waals surface area (Å²) in [5.41, 5.74) is 2.29. The molecule has 1 rings (SSSR count). The summed E-state index contributed by atoms with van der Waals surface area (Å²) in [5, 5.41) is 0.706. The molecule has 0 radical (unpaired) electrons. The molecule has 0 bridgehead atoms. The molecule has 0 fully saturated rings. The van der Waals surface area contributed by atoms with Crippen LogP contribution in [0.25, 0.3) is 0 Å². The minimum atomic E-state index is -0.375. The van der Waals surface area contributed by atoms with E-state index in [1.54, 1.807) is 0 Å². The van der Waals surface area contributed by atoms with E-state index in [0.29, 0.717) is 5.33 Å². The number of hydrogen-bond donors (Lipinski definition) is 0. The number of esters is 1. The molecule has 0 saturated heterocycles. The summed E-state index contributed by atoms with van der Waals surface area (Å²) >= 11 is 3.40. The summed E-state index contributed by atoms with van der Waals surface area (Å²) < 4.78 is 9.89. The van der Waals surface area contributed by atoms with Gasteiger partial charge in [0.1, 0.15) is 5.75 Å². The number of methoxy groups -OCH3 is 1. The van der Waals surface area contributed by atoms with Crippen LogP contribution in [0.3, 0.4) is 0 Å². The van der Waals surface area contributed by atoms with Crippen LogP contribution in [-0.4, -0.2) is 19.7 Å². The molecule has 0 aliphatic rings. The Labute approximate surface area is 104 Å². The molecule has 4 heteroatoms. The number of benzene rings is 1. The van der Waals surface area contributed by atoms with Crippen molar-refractivity contribution >= 4 is 21.9 Å². The Bertz CT molecular complexity index is 363. The molecule has 3 nitrogen and oxygen atoms in total. The largest absolute Gasteiger partial charge is 0.482 e. The van der Waals surface area contributed by atoms with E-state index in [2.05, 4.69) is 33.7 Å². The highest BCUT2D eigenvalue weighted by molar-refractivity contribution is 9.08. The minimum Gasteiger partial charge on any atom is -0.482 e. The number of hydrogen-bond acceptors (Lipinski definition) is 3. The van der Waals surface area contributed by atoms with E-state index >= 15 is 0 Å². The van der Waals surface area contributed by atoms with Crippen LogP contribution in [0.1, 0.15) is 18.1 Å². The van der Waals surface area contributed by atoms with Crippen LogP contribution in [0.2, 0.25) is 0 Å². The molecular formula is C12H15BrO3. The molecule has 1 aromatic rings. The summed E-state index contributed by atoms with van der Waals surface area (Å²) in [5.74, 6) is 0.347. The van der Waals surface area contributed by atoms with E-state index in [0.717, 1.165) is 17.7 Å². The van der Waals surface area contributed by atoms with Crippen molar-refractivity contribution < 1.29 is 14.3 Å². The van der Waals surface area contributed by atoms with Gasteiger partial charge >= 0.3 is 5.97 Å². The van der Waals surface area contributed by atoms with Gasteiger partial charge in [0.05, 0.1) is 7.11 Å². The van der Waals surface area contributed by atoms with E-state index in [4.69, 9.17) is 4.74 Å². The highest BCUT2D eigenvalue weighted by Gasteiger charge is 2.06. The Hall–Kier alpha value is -1.03. The average molecular weight is 287 g/mol. The zero-order chi connectivity index (χ0) is 12.0. The second kappa shape index (κ2) is 6.53. The lowest BCUT2D eigenvalue weighted by molar-refractivity contribution is -0.142. The lowest BCUT2D eigenvalue weighted by Gasteiger charge is -2.10. The highest BCUT2D eigenvalue weighted by Crippen LogP contribution is 2.23. The number of alkyl halides is 1. The number of halogens is 1. The van der Waals surface area contributed by atoms with E-state index in [1.807, 2.05) is 12.1 Å². The van der Waals surface area contributed by atoms with Gasteiger partial charge in [-0.15, -0.1) is 0 Å². The summed E-state index contributed by atoms with van der Waals surface area (Å²) in [7, 11) is 1.34. The fraction of sp³-hybridized carbons (Fsp3) is 0.417. The third kappa shape index (κ3) is 3.52. The summed E-state index contributed by atoms with van der Waals surface area (Å²) in [6.45, 7) is 2.05. The third-order valence-corrected chi connectivity index (χ3v) is 2.85. The maximum atomic E-state index is 10.9. The monoisotopic (exact) mass is 286 g/mol. The summed E-state index contributed by atoms with van der Waals surface area (Å²) in [6, 6.07) is 5.96. The van der Waals surface area contributed by atoms with Gasteiger partial charge in [0.15, 0.2) is 6.61 Å². The highest BCUT2D eigenvalue weighted by atomic mass is 79.9. The van der Waals surface area contributed by atoms with Gasteiger partial charge in [-0.3, -0.25) is 0 Å². The summed E-state index contributed by atoms with van der Waals surface area (Å²) in [4.78, 5) is 10.9. The van der Waals surface area contributed by atoms with Gasteiger partial charge in [-0.1, -0.05) is 35.0 Å². The normalized spacial score (nSPS) is 9.94. The molecule has 1 aromatic carbocycles. The predicted octanol–water partition coefficient (Wildman–Crippen LogP) is 2.70. The fourth-order valence-electron chi connectivity index (χ4n) is 1.29. The average Bonchev–Trinajstić information content (AvgIpc) is 2.35. The van der Waals surface area contributed by atoms with Gasteiger partial charge in [0, 0.05) is 10.9 Å². The van der Waals surface area contributed by atoms with E-state index in [9.17, 15) is 4.79 Å². The van der Waals surface area contributed by atoms with Gasteiger partial charge in [-0.2, -0.15) is 0 Å². The topological polar surface area (TPSA) is 35.5 Å². The lowest BCUT2D eigenvalue weighted by Crippen LogP contribution is -2.13. The Morgan fingerprint density at radius 1 is 1.44 bits per heavy atom. The molecule has 0 aliphatic heterocycles.